The quantitative estimate of drug-likeness (QED) is 0.773. The molecule has 1 N–H and O–H groups in total. The van der Waals surface area contributed by atoms with Crippen molar-refractivity contribution in [3.63, 3.8) is 0 Å². The van der Waals surface area contributed by atoms with Crippen LogP contribution in [0.5, 0.6) is 0 Å². The van der Waals surface area contributed by atoms with Gasteiger partial charge in [-0.05, 0) is 13.3 Å². The van der Waals surface area contributed by atoms with Crippen molar-refractivity contribution in [3.8, 4) is 0 Å². The molecule has 2 atom stereocenters. The van der Waals surface area contributed by atoms with E-state index < -0.39 is 15.9 Å². The minimum absolute atomic E-state index is 0.0639. The third-order valence-corrected chi connectivity index (χ3v) is 4.18. The zero-order chi connectivity index (χ0) is 11.1. The Balaban J connectivity index is 2.17. The summed E-state index contributed by atoms with van der Waals surface area (Å²) in [7, 11) is -2.94. The molecule has 0 aliphatic carbocycles. The van der Waals surface area contributed by atoms with E-state index >= 15 is 0 Å². The molecule has 0 radical (unpaired) electrons. The lowest BCUT2D eigenvalue weighted by atomic mass is 10.1. The molecule has 0 bridgehead atoms. The molecule has 0 spiro atoms. The van der Waals surface area contributed by atoms with Crippen LogP contribution in [0.2, 0.25) is 0 Å². The Morgan fingerprint density at radius 2 is 2.33 bits per heavy atom. The van der Waals surface area contributed by atoms with Crippen LogP contribution in [-0.2, 0) is 9.84 Å². The van der Waals surface area contributed by atoms with Crippen LogP contribution in [0, 0.1) is 0 Å². The predicted molar refractivity (Wildman–Crippen MR) is 50.9 cm³/mol. The van der Waals surface area contributed by atoms with Crippen molar-refractivity contribution in [2.24, 2.45) is 0 Å². The van der Waals surface area contributed by atoms with Gasteiger partial charge in [-0.15, -0.1) is 0 Å². The van der Waals surface area contributed by atoms with Crippen molar-refractivity contribution in [1.29, 1.82) is 0 Å². The monoisotopic (exact) mass is 232 g/mol. The minimum Gasteiger partial charge on any atom is -0.385 e. The number of hydrogen-bond donors (Lipinski definition) is 1. The number of aromatic nitrogens is 2. The van der Waals surface area contributed by atoms with Crippen molar-refractivity contribution in [3.05, 3.63) is 11.7 Å². The maximum absolute atomic E-state index is 11.2. The van der Waals surface area contributed by atoms with Gasteiger partial charge < -0.3 is 9.63 Å². The smallest absolute Gasteiger partial charge is 0.230 e. The summed E-state index contributed by atoms with van der Waals surface area (Å²) in [4.78, 5) is 3.97. The molecule has 6 nitrogen and oxygen atoms in total. The molecule has 1 aliphatic heterocycles. The molecule has 1 fully saturated rings. The first-order valence-corrected chi connectivity index (χ1v) is 6.52. The van der Waals surface area contributed by atoms with E-state index in [0.29, 0.717) is 12.3 Å². The highest BCUT2D eigenvalue weighted by atomic mass is 32.2. The van der Waals surface area contributed by atoms with Gasteiger partial charge in [0.1, 0.15) is 6.10 Å². The summed E-state index contributed by atoms with van der Waals surface area (Å²) < 4.78 is 27.3. The van der Waals surface area contributed by atoms with Gasteiger partial charge in [-0.2, -0.15) is 4.98 Å². The zero-order valence-electron chi connectivity index (χ0n) is 8.25. The third-order valence-electron chi connectivity index (χ3n) is 2.41. The average Bonchev–Trinajstić information content (AvgIpc) is 2.70. The molecule has 2 rings (SSSR count). The standard InChI is InChI=1S/C8H12N2O4S/c1-5(11)7-9-8(14-10-7)6-2-3-15(12,13)4-6/h5-6,11H,2-4H2,1H3. The second kappa shape index (κ2) is 3.57. The first-order valence-electron chi connectivity index (χ1n) is 4.70. The Hall–Kier alpha value is -0.950. The van der Waals surface area contributed by atoms with Gasteiger partial charge in [0, 0.05) is 0 Å². The van der Waals surface area contributed by atoms with Gasteiger partial charge in [-0.1, -0.05) is 5.16 Å². The van der Waals surface area contributed by atoms with Crippen molar-refractivity contribution >= 4 is 9.84 Å². The van der Waals surface area contributed by atoms with Crippen LogP contribution in [0.15, 0.2) is 4.52 Å². The van der Waals surface area contributed by atoms with Crippen LogP contribution in [-0.4, -0.2) is 35.2 Å². The van der Waals surface area contributed by atoms with Gasteiger partial charge in [0.2, 0.25) is 5.89 Å². The van der Waals surface area contributed by atoms with E-state index in [1.54, 1.807) is 0 Å². The Morgan fingerprint density at radius 1 is 1.60 bits per heavy atom. The van der Waals surface area contributed by atoms with Crippen LogP contribution >= 0.6 is 0 Å². The van der Waals surface area contributed by atoms with E-state index in [1.807, 2.05) is 0 Å². The number of sulfone groups is 1. The highest BCUT2D eigenvalue weighted by molar-refractivity contribution is 7.91. The van der Waals surface area contributed by atoms with E-state index in [0.717, 1.165) is 0 Å². The van der Waals surface area contributed by atoms with Gasteiger partial charge in [0.25, 0.3) is 0 Å². The summed E-state index contributed by atoms with van der Waals surface area (Å²) >= 11 is 0. The molecule has 0 amide bonds. The molecule has 1 aromatic rings. The molecule has 0 saturated carbocycles. The molecular weight excluding hydrogens is 220 g/mol. The normalized spacial score (nSPS) is 26.7. The van der Waals surface area contributed by atoms with Gasteiger partial charge in [-0.25, -0.2) is 8.42 Å². The van der Waals surface area contributed by atoms with Crippen LogP contribution < -0.4 is 0 Å². The molecule has 15 heavy (non-hydrogen) atoms. The molecule has 2 heterocycles. The Morgan fingerprint density at radius 3 is 2.80 bits per heavy atom. The molecular formula is C8H12N2O4S. The fraction of sp³-hybridized carbons (Fsp3) is 0.750. The number of rotatable bonds is 2. The van der Waals surface area contributed by atoms with Crippen LogP contribution in [0.25, 0.3) is 0 Å². The lowest BCUT2D eigenvalue weighted by Gasteiger charge is -1.98. The van der Waals surface area contributed by atoms with E-state index in [9.17, 15) is 13.5 Å². The van der Waals surface area contributed by atoms with Crippen molar-refractivity contribution in [1.82, 2.24) is 10.1 Å². The highest BCUT2D eigenvalue weighted by Gasteiger charge is 2.33. The molecule has 2 unspecified atom stereocenters. The predicted octanol–water partition coefficient (Wildman–Crippen LogP) is 0.0250. The number of nitrogens with zero attached hydrogens (tertiary/aromatic N) is 2. The van der Waals surface area contributed by atoms with Crippen LogP contribution in [0.1, 0.15) is 37.1 Å². The topological polar surface area (TPSA) is 93.3 Å². The van der Waals surface area contributed by atoms with Crippen molar-refractivity contribution < 1.29 is 18.0 Å². The van der Waals surface area contributed by atoms with E-state index in [2.05, 4.69) is 10.1 Å². The molecule has 1 saturated heterocycles. The third kappa shape index (κ3) is 2.18. The Kier molecular flexibility index (Phi) is 2.51. The summed E-state index contributed by atoms with van der Waals surface area (Å²) in [5, 5.41) is 12.8. The van der Waals surface area contributed by atoms with E-state index in [1.165, 1.54) is 6.92 Å². The lowest BCUT2D eigenvalue weighted by molar-refractivity contribution is 0.184. The Labute approximate surface area is 87.2 Å². The summed E-state index contributed by atoms with van der Waals surface area (Å²) in [6.07, 6.45) is -0.274. The average molecular weight is 232 g/mol. The number of hydrogen-bond acceptors (Lipinski definition) is 6. The first kappa shape index (κ1) is 10.6. The summed E-state index contributed by atoms with van der Waals surface area (Å²) in [6, 6.07) is 0. The number of aliphatic hydroxyl groups is 1. The fourth-order valence-electron chi connectivity index (χ4n) is 1.57. The van der Waals surface area contributed by atoms with E-state index in [4.69, 9.17) is 4.52 Å². The van der Waals surface area contributed by atoms with Crippen LogP contribution in [0.4, 0.5) is 0 Å². The molecule has 0 aromatic carbocycles. The molecule has 7 heteroatoms. The molecule has 84 valence electrons. The highest BCUT2D eigenvalue weighted by Crippen LogP contribution is 2.28. The Bertz CT molecular complexity index is 451. The second-order valence-corrected chi connectivity index (χ2v) is 6.00. The lowest BCUT2D eigenvalue weighted by Crippen LogP contribution is -2.04. The summed E-state index contributed by atoms with van der Waals surface area (Å²) in [5.41, 5.74) is 0. The van der Waals surface area contributed by atoms with Gasteiger partial charge in [0.05, 0.1) is 17.4 Å². The molecule has 1 aromatic heterocycles. The molecule has 1 aliphatic rings. The maximum atomic E-state index is 11.2. The van der Waals surface area contributed by atoms with Gasteiger partial charge in [-0.3, -0.25) is 0 Å². The van der Waals surface area contributed by atoms with Gasteiger partial charge >= 0.3 is 0 Å². The SMILES string of the molecule is CC(O)c1noc(C2CCS(=O)(=O)C2)n1. The summed E-state index contributed by atoms with van der Waals surface area (Å²) in [6.45, 7) is 1.53. The minimum atomic E-state index is -2.94. The van der Waals surface area contributed by atoms with E-state index in [-0.39, 0.29) is 23.2 Å². The van der Waals surface area contributed by atoms with Crippen molar-refractivity contribution in [2.75, 3.05) is 11.5 Å². The summed E-state index contributed by atoms with van der Waals surface area (Å²) in [5.74, 6) is 0.537. The fourth-order valence-corrected chi connectivity index (χ4v) is 3.31. The maximum Gasteiger partial charge on any atom is 0.230 e. The van der Waals surface area contributed by atoms with Crippen molar-refractivity contribution in [2.45, 2.75) is 25.4 Å². The largest absolute Gasteiger partial charge is 0.385 e. The van der Waals surface area contributed by atoms with Gasteiger partial charge in [0.15, 0.2) is 15.7 Å². The first-order chi connectivity index (χ1) is 6.98. The number of aliphatic hydroxyl groups excluding tert-OH is 1. The second-order valence-electron chi connectivity index (χ2n) is 3.77. The van der Waals surface area contributed by atoms with Crippen LogP contribution in [0.3, 0.4) is 0 Å². The zero-order valence-corrected chi connectivity index (χ0v) is 9.07.